The first kappa shape index (κ1) is 23.4. The Kier molecular flexibility index (Phi) is 7.97. The van der Waals surface area contributed by atoms with E-state index in [0.29, 0.717) is 25.1 Å². The van der Waals surface area contributed by atoms with E-state index in [4.69, 9.17) is 5.21 Å². The predicted octanol–water partition coefficient (Wildman–Crippen LogP) is 2.26. The number of likely N-dealkylation sites (tertiary alicyclic amines) is 1. The van der Waals surface area contributed by atoms with Crippen molar-refractivity contribution in [2.45, 2.75) is 44.2 Å². The summed E-state index contributed by atoms with van der Waals surface area (Å²) in [4.78, 5) is 38.2. The van der Waals surface area contributed by atoms with Crippen LogP contribution in [-0.4, -0.2) is 58.2 Å². The van der Waals surface area contributed by atoms with Gasteiger partial charge in [-0.05, 0) is 36.8 Å². The average Bonchev–Trinajstić information content (AvgIpc) is 2.82. The maximum absolute atomic E-state index is 12.5. The van der Waals surface area contributed by atoms with Gasteiger partial charge in [0, 0.05) is 25.1 Å². The van der Waals surface area contributed by atoms with Crippen LogP contribution in [-0.2, 0) is 11.2 Å². The lowest BCUT2D eigenvalue weighted by molar-refractivity contribution is -0.133. The zero-order chi connectivity index (χ0) is 23.1. The van der Waals surface area contributed by atoms with Crippen LogP contribution in [0.15, 0.2) is 54.6 Å². The molecular formula is C24H29N3O5. The molecule has 1 aliphatic heterocycles. The van der Waals surface area contributed by atoms with E-state index in [9.17, 15) is 19.5 Å². The maximum Gasteiger partial charge on any atom is 0.318 e. The van der Waals surface area contributed by atoms with E-state index in [1.807, 2.05) is 54.6 Å². The number of carbonyl (C=O) groups excluding carboxylic acids is 3. The van der Waals surface area contributed by atoms with E-state index in [1.54, 1.807) is 4.90 Å². The Morgan fingerprint density at radius 3 is 2.22 bits per heavy atom. The van der Waals surface area contributed by atoms with E-state index in [0.717, 1.165) is 24.0 Å². The topological polar surface area (TPSA) is 119 Å². The fraction of sp³-hybridized carbons (Fsp3) is 0.375. The molecule has 1 fully saturated rings. The molecule has 0 bridgehead atoms. The number of ketones is 1. The zero-order valence-electron chi connectivity index (χ0n) is 18.0. The Morgan fingerprint density at radius 1 is 1.03 bits per heavy atom. The smallest absolute Gasteiger partial charge is 0.318 e. The minimum atomic E-state index is -1.23. The first-order chi connectivity index (χ1) is 15.4. The van der Waals surface area contributed by atoms with Gasteiger partial charge in [-0.3, -0.25) is 14.8 Å². The molecule has 0 aromatic heterocycles. The molecule has 170 valence electrons. The number of nitrogens with zero attached hydrogens (tertiary/aromatic N) is 1. The fourth-order valence-electron chi connectivity index (χ4n) is 3.94. The highest BCUT2D eigenvalue weighted by Crippen LogP contribution is 2.28. The molecule has 1 aliphatic rings. The quantitative estimate of drug-likeness (QED) is 0.300. The van der Waals surface area contributed by atoms with Crippen molar-refractivity contribution in [1.29, 1.82) is 0 Å². The van der Waals surface area contributed by atoms with E-state index in [-0.39, 0.29) is 11.7 Å². The number of Topliss-reactive ketones (excluding diaryl/α,β-unsaturated/α-hetero) is 1. The summed E-state index contributed by atoms with van der Waals surface area (Å²) in [5.41, 5.74) is 4.25. The second-order valence-corrected chi connectivity index (χ2v) is 8.11. The molecule has 3 rings (SSSR count). The summed E-state index contributed by atoms with van der Waals surface area (Å²) >= 11 is 0. The zero-order valence-corrected chi connectivity index (χ0v) is 18.0. The molecular weight excluding hydrogens is 410 g/mol. The third kappa shape index (κ3) is 5.93. The van der Waals surface area contributed by atoms with Gasteiger partial charge in [0.05, 0.1) is 6.10 Å². The molecule has 32 heavy (non-hydrogen) atoms. The Bertz CT molecular complexity index is 922. The third-order valence-electron chi connectivity index (χ3n) is 5.85. The second-order valence-electron chi connectivity index (χ2n) is 8.11. The average molecular weight is 440 g/mol. The highest BCUT2D eigenvalue weighted by atomic mass is 16.5. The van der Waals surface area contributed by atoms with Gasteiger partial charge < -0.3 is 15.3 Å². The minimum Gasteiger partial charge on any atom is -0.391 e. The lowest BCUT2D eigenvalue weighted by Crippen LogP contribution is -2.56. The number of rotatable bonds is 7. The first-order valence-corrected chi connectivity index (χ1v) is 10.7. The molecule has 0 saturated carbocycles. The molecule has 1 heterocycles. The lowest BCUT2D eigenvalue weighted by Gasteiger charge is -2.33. The van der Waals surface area contributed by atoms with Crippen LogP contribution in [0.2, 0.25) is 0 Å². The monoisotopic (exact) mass is 439 g/mol. The molecule has 1 saturated heterocycles. The standard InChI is InChI=1S/C24H29N3O5/c1-16(28)22(23(30)26-32)25-24(31)27-13-11-19(12-14-27)18-7-9-20(10-8-18)21(29)15-17-5-3-2-4-6-17/h2-10,16,19,22,28,32H,11-15H2,1H3,(H,25,31)(H,26,30)/t16-,22+/m0/s1. The van der Waals surface area contributed by atoms with Crippen LogP contribution in [0.4, 0.5) is 4.79 Å². The molecule has 0 unspecified atom stereocenters. The number of hydroxylamine groups is 1. The van der Waals surface area contributed by atoms with Crippen molar-refractivity contribution in [2.75, 3.05) is 13.1 Å². The van der Waals surface area contributed by atoms with Crippen LogP contribution in [0.3, 0.4) is 0 Å². The number of aliphatic hydroxyl groups is 1. The highest BCUT2D eigenvalue weighted by molar-refractivity contribution is 5.97. The van der Waals surface area contributed by atoms with Crippen LogP contribution in [0.1, 0.15) is 47.2 Å². The van der Waals surface area contributed by atoms with Crippen molar-refractivity contribution in [3.05, 3.63) is 71.3 Å². The summed E-state index contributed by atoms with van der Waals surface area (Å²) in [6.45, 7) is 2.36. The highest BCUT2D eigenvalue weighted by Gasteiger charge is 2.29. The Labute approximate surface area is 187 Å². The van der Waals surface area contributed by atoms with Crippen molar-refractivity contribution in [3.63, 3.8) is 0 Å². The van der Waals surface area contributed by atoms with E-state index < -0.39 is 24.1 Å². The summed E-state index contributed by atoms with van der Waals surface area (Å²) in [7, 11) is 0. The SMILES string of the molecule is C[C@H](O)[C@@H](NC(=O)N1CCC(c2ccc(C(=O)Cc3ccccc3)cc2)CC1)C(=O)NO. The molecule has 0 radical (unpaired) electrons. The molecule has 8 nitrogen and oxygen atoms in total. The largest absolute Gasteiger partial charge is 0.391 e. The molecule has 8 heteroatoms. The Hall–Kier alpha value is -3.23. The number of carbonyl (C=O) groups is 3. The first-order valence-electron chi connectivity index (χ1n) is 10.7. The Morgan fingerprint density at radius 2 is 1.66 bits per heavy atom. The van der Waals surface area contributed by atoms with Crippen LogP contribution in [0, 0.1) is 0 Å². The number of benzene rings is 2. The van der Waals surface area contributed by atoms with Gasteiger partial charge in [0.15, 0.2) is 5.78 Å². The van der Waals surface area contributed by atoms with Crippen LogP contribution < -0.4 is 10.8 Å². The van der Waals surface area contributed by atoms with Gasteiger partial charge in [-0.15, -0.1) is 0 Å². The van der Waals surface area contributed by atoms with Gasteiger partial charge in [0.1, 0.15) is 6.04 Å². The molecule has 2 aromatic carbocycles. The normalized spacial score (nSPS) is 16.2. The number of amides is 3. The van der Waals surface area contributed by atoms with E-state index in [2.05, 4.69) is 5.32 Å². The van der Waals surface area contributed by atoms with E-state index in [1.165, 1.54) is 12.4 Å². The second kappa shape index (κ2) is 10.9. The molecule has 4 N–H and O–H groups in total. The number of aliphatic hydroxyl groups excluding tert-OH is 1. The van der Waals surface area contributed by atoms with Crippen molar-refractivity contribution in [3.8, 4) is 0 Å². The van der Waals surface area contributed by atoms with Crippen molar-refractivity contribution >= 4 is 17.7 Å². The predicted molar refractivity (Wildman–Crippen MR) is 118 cm³/mol. The van der Waals surface area contributed by atoms with Gasteiger partial charge in [-0.1, -0.05) is 54.6 Å². The summed E-state index contributed by atoms with van der Waals surface area (Å²) in [6, 6.07) is 15.6. The molecule has 2 aromatic rings. The summed E-state index contributed by atoms with van der Waals surface area (Å²) < 4.78 is 0. The maximum atomic E-state index is 12.5. The fourth-order valence-corrected chi connectivity index (χ4v) is 3.94. The van der Waals surface area contributed by atoms with Gasteiger partial charge in [0.2, 0.25) is 0 Å². The number of hydrogen-bond acceptors (Lipinski definition) is 5. The van der Waals surface area contributed by atoms with E-state index >= 15 is 0 Å². The lowest BCUT2D eigenvalue weighted by atomic mass is 9.88. The minimum absolute atomic E-state index is 0.0776. The van der Waals surface area contributed by atoms with Crippen LogP contribution in [0.25, 0.3) is 0 Å². The molecule has 2 atom stereocenters. The number of piperidine rings is 1. The van der Waals surface area contributed by atoms with Crippen molar-refractivity contribution < 1.29 is 24.7 Å². The summed E-state index contributed by atoms with van der Waals surface area (Å²) in [5, 5.41) is 20.9. The third-order valence-corrected chi connectivity index (χ3v) is 5.85. The molecule has 3 amide bonds. The Balaban J connectivity index is 1.53. The van der Waals surface area contributed by atoms with Crippen molar-refractivity contribution in [2.24, 2.45) is 0 Å². The number of urea groups is 1. The number of hydrogen-bond donors (Lipinski definition) is 4. The van der Waals surface area contributed by atoms with Gasteiger partial charge in [-0.25, -0.2) is 10.3 Å². The van der Waals surface area contributed by atoms with Crippen LogP contribution >= 0.6 is 0 Å². The van der Waals surface area contributed by atoms with Crippen molar-refractivity contribution in [1.82, 2.24) is 15.7 Å². The van der Waals surface area contributed by atoms with Gasteiger partial charge >= 0.3 is 6.03 Å². The summed E-state index contributed by atoms with van der Waals surface area (Å²) in [6.07, 6.45) is 0.717. The molecule has 0 spiro atoms. The molecule has 0 aliphatic carbocycles. The summed E-state index contributed by atoms with van der Waals surface area (Å²) in [5.74, 6) is -0.524. The van der Waals surface area contributed by atoms with Crippen LogP contribution in [0.5, 0.6) is 0 Å². The van der Waals surface area contributed by atoms with Gasteiger partial charge in [0.25, 0.3) is 5.91 Å². The number of nitrogens with one attached hydrogen (secondary N) is 2. The van der Waals surface area contributed by atoms with Gasteiger partial charge in [-0.2, -0.15) is 0 Å².